The van der Waals surface area contributed by atoms with Crippen LogP contribution in [0.5, 0.6) is 11.8 Å². The van der Waals surface area contributed by atoms with Crippen LogP contribution < -0.4 is 31.0 Å². The molecule has 6 aromatic rings. The Morgan fingerprint density at radius 2 is 1.02 bits per heavy atom. The molecule has 2 aliphatic rings. The zero-order chi connectivity index (χ0) is 71.8. The molecule has 8 rings (SSSR count). The van der Waals surface area contributed by atoms with Crippen molar-refractivity contribution in [3.8, 4) is 11.8 Å². The highest BCUT2D eigenvalue weighted by atomic mass is 32.2. The molecule has 0 aliphatic carbocycles. The zero-order valence-electron chi connectivity index (χ0n) is 53.6. The van der Waals surface area contributed by atoms with Gasteiger partial charge in [-0.05, 0) is 91.4 Å². The number of aromatic hydroxyl groups is 2. The highest BCUT2D eigenvalue weighted by molar-refractivity contribution is 7.87. The summed E-state index contributed by atoms with van der Waals surface area (Å²) in [5, 5.41) is 18.6. The molecule has 0 fully saturated rings. The molecule has 0 radical (unpaired) electrons. The molecule has 3 unspecified atom stereocenters. The van der Waals surface area contributed by atoms with Gasteiger partial charge in [-0.15, -0.1) is 4.73 Å². The summed E-state index contributed by atoms with van der Waals surface area (Å²) in [6.45, 7) is 4.89. The Bertz CT molecular complexity index is 4750. The predicted octanol–water partition coefficient (Wildman–Crippen LogP) is 1.44. The van der Waals surface area contributed by atoms with E-state index in [9.17, 15) is 79.9 Å². The fraction of sp³-hybridized carbons (Fsp3) is 0.475. The van der Waals surface area contributed by atoms with Gasteiger partial charge < -0.3 is 57.8 Å². The smallest absolute Gasteiger partial charge is 0.333 e. The molecule has 0 spiro atoms. The van der Waals surface area contributed by atoms with Crippen molar-refractivity contribution in [1.82, 2.24) is 4.73 Å². The van der Waals surface area contributed by atoms with Crippen LogP contribution in [0.4, 0.5) is 11.4 Å². The van der Waals surface area contributed by atoms with Crippen LogP contribution >= 0.6 is 0 Å². The van der Waals surface area contributed by atoms with Gasteiger partial charge in [0.15, 0.2) is 12.3 Å². The topological polar surface area (TPSA) is 458 Å². The van der Waals surface area contributed by atoms with Gasteiger partial charge in [0, 0.05) is 85.5 Å². The van der Waals surface area contributed by atoms with Gasteiger partial charge in [-0.2, -0.15) is 46.7 Å². The van der Waals surface area contributed by atoms with E-state index in [0.717, 1.165) is 24.3 Å². The van der Waals surface area contributed by atoms with Crippen molar-refractivity contribution >= 4 is 107 Å². The van der Waals surface area contributed by atoms with E-state index in [4.69, 9.17) is 42.7 Å². The van der Waals surface area contributed by atoms with Crippen LogP contribution in [0.15, 0.2) is 89.8 Å². The summed E-state index contributed by atoms with van der Waals surface area (Å²) in [5.74, 6) is -3.08. The maximum atomic E-state index is 15.2. The van der Waals surface area contributed by atoms with Crippen LogP contribution in [0.1, 0.15) is 57.1 Å². The molecule has 0 saturated carbocycles. The van der Waals surface area contributed by atoms with Gasteiger partial charge in [0.1, 0.15) is 16.4 Å². The fourth-order valence-corrected chi connectivity index (χ4v) is 15.5. The van der Waals surface area contributed by atoms with Gasteiger partial charge in [0.05, 0.1) is 117 Å². The number of benzene rings is 4. The van der Waals surface area contributed by atoms with E-state index in [-0.39, 0.29) is 155 Å². The van der Waals surface area contributed by atoms with E-state index >= 15 is 9.59 Å². The second-order valence-electron chi connectivity index (χ2n) is 23.3. The number of fused-ring (bicyclic) bond motifs is 6. The van der Waals surface area contributed by atoms with Crippen molar-refractivity contribution in [2.75, 3.05) is 130 Å². The lowest BCUT2D eigenvalue weighted by Gasteiger charge is -2.35. The first-order chi connectivity index (χ1) is 46.1. The summed E-state index contributed by atoms with van der Waals surface area (Å²) in [6.07, 6.45) is 1.17. The molecule has 37 heteroatoms. The van der Waals surface area contributed by atoms with Crippen molar-refractivity contribution in [1.29, 1.82) is 0 Å². The third kappa shape index (κ3) is 17.9. The maximum Gasteiger partial charge on any atom is 0.333 e. The average molecular weight is 1480 g/mol. The van der Waals surface area contributed by atoms with Crippen LogP contribution in [-0.4, -0.2) is 228 Å². The molecule has 3 atom stereocenters. The van der Waals surface area contributed by atoms with E-state index in [1.165, 1.54) is 57.6 Å². The van der Waals surface area contributed by atoms with Crippen molar-refractivity contribution in [2.24, 2.45) is 0 Å². The predicted molar refractivity (Wildman–Crippen MR) is 350 cm³/mol. The minimum atomic E-state index is -5.29. The Kier molecular flexibility index (Phi) is 25.0. The van der Waals surface area contributed by atoms with E-state index in [1.54, 1.807) is 16.4 Å². The Labute approximate surface area is 563 Å². The summed E-state index contributed by atoms with van der Waals surface area (Å²) < 4.78 is 227. The first kappa shape index (κ1) is 77.0. The number of anilines is 1. The summed E-state index contributed by atoms with van der Waals surface area (Å²) in [5.41, 5.74) is -4.44. The van der Waals surface area contributed by atoms with Gasteiger partial charge in [0.2, 0.25) is 28.3 Å². The van der Waals surface area contributed by atoms with Crippen LogP contribution in [0.3, 0.4) is 0 Å². The SMILES string of the molecule is COCCOCCOCCOCC[N+]1=C(C=c2c(=O)c(=CC3N(CCCC(=O)On4c(O)ccc4O)c4ccc5c(S(=O)(=O)O)cc(S(=O)(=O)O)cc5c4C3(C)CCOCCOCCOCCOC)c2=O)C(C)(CCCS(=O)(=O)O)c2c1ccc1c(S(=O)(=O)O)cc(S(=O)(=O)O)cc21. The molecule has 3 heterocycles. The summed E-state index contributed by atoms with van der Waals surface area (Å²) in [7, 11) is -22.7. The van der Waals surface area contributed by atoms with Crippen LogP contribution in [0.25, 0.3) is 33.7 Å². The molecule has 7 N–H and O–H groups in total. The number of nitrogens with zero attached hydrogens (tertiary/aromatic N) is 3. The highest BCUT2D eigenvalue weighted by Gasteiger charge is 2.51. The number of methoxy groups -OCH3 is 2. The molecule has 32 nitrogen and oxygen atoms in total. The number of rotatable bonds is 39. The van der Waals surface area contributed by atoms with Gasteiger partial charge in [-0.25, -0.2) is 4.79 Å². The molecule has 2 aliphatic heterocycles. The van der Waals surface area contributed by atoms with Gasteiger partial charge >= 0.3 is 5.97 Å². The molecular formula is C61H76N3O29S5+. The van der Waals surface area contributed by atoms with Crippen molar-refractivity contribution in [3.05, 3.63) is 103 Å². The third-order valence-electron chi connectivity index (χ3n) is 16.8. The van der Waals surface area contributed by atoms with Crippen molar-refractivity contribution < 1.29 is 127 Å². The zero-order valence-corrected chi connectivity index (χ0v) is 57.6. The largest absolute Gasteiger partial charge is 0.492 e. The molecular weight excluding hydrogens is 1400 g/mol. The lowest BCUT2D eigenvalue weighted by atomic mass is 9.73. The lowest BCUT2D eigenvalue weighted by molar-refractivity contribution is -0.441. The highest BCUT2D eigenvalue weighted by Crippen LogP contribution is 2.53. The van der Waals surface area contributed by atoms with Crippen molar-refractivity contribution in [2.45, 2.75) is 82.4 Å². The molecule has 1 aromatic heterocycles. The van der Waals surface area contributed by atoms with E-state index in [1.807, 2.05) is 0 Å². The maximum absolute atomic E-state index is 15.2. The quantitative estimate of drug-likeness (QED) is 0.0163. The molecule has 0 saturated heterocycles. The molecule has 538 valence electrons. The minimum absolute atomic E-state index is 0.00832. The van der Waals surface area contributed by atoms with E-state index in [2.05, 4.69) is 0 Å². The first-order valence-corrected chi connectivity index (χ1v) is 37.7. The number of hydrogen-bond acceptors (Lipinski definition) is 25. The minimum Gasteiger partial charge on any atom is -0.492 e. The Balaban J connectivity index is 1.31. The number of ether oxygens (including phenoxy) is 8. The standard InChI is InChI=1S/C61H75N3O29S5/c1-60(14-6-32-94(70,71)72)51(63(17-19-88-25-27-92-31-29-90-23-21-86-4)48-11-9-41-43(56(48)60)33-39(95(73,74)75)35-49(41)97(79,80)81)37-45-58(68)46(59(45)69)38-52-61(2,15-18-87-24-26-91-30-28-89-22-20-85-3)57-44-34-40(96(76,77)78)36-50(98(82,83)84)42(44)8-10-47(57)62(52)16-5-7-55(67)93-64-53(65)12-13-54(64)66/h8-13,33-38,52H,5-7,14-32H2,1-4H3,(H6,68,69,70,71,72,73,74,75,76,77,78,79,80,81,82,83,84)/p+1. The van der Waals surface area contributed by atoms with E-state index in [0.29, 0.717) is 43.3 Å². The second kappa shape index (κ2) is 31.9. The molecule has 0 amide bonds. The van der Waals surface area contributed by atoms with Crippen molar-refractivity contribution in [3.63, 3.8) is 0 Å². The Morgan fingerprint density at radius 3 is 1.50 bits per heavy atom. The number of carbonyl (C=O) groups is 1. The van der Waals surface area contributed by atoms with Gasteiger partial charge in [-0.1, -0.05) is 13.0 Å². The summed E-state index contributed by atoms with van der Waals surface area (Å²) in [6, 6.07) is 9.19. The number of hydrogen-bond donors (Lipinski definition) is 7. The molecule has 0 bridgehead atoms. The second-order valence-corrected chi connectivity index (χ2v) is 30.5. The normalized spacial score (nSPS) is 17.6. The monoisotopic (exact) mass is 1470 g/mol. The molecule has 98 heavy (non-hydrogen) atoms. The molecule has 5 aromatic carbocycles. The lowest BCUT2D eigenvalue weighted by Crippen LogP contribution is -2.66. The Morgan fingerprint density at radius 1 is 0.551 bits per heavy atom. The van der Waals surface area contributed by atoms with Crippen LogP contribution in [0.2, 0.25) is 0 Å². The number of carbonyl (C=O) groups excluding carboxylic acids is 1. The van der Waals surface area contributed by atoms with Gasteiger partial charge in [0.25, 0.3) is 50.6 Å². The first-order valence-electron chi connectivity index (χ1n) is 30.3. The number of aromatic nitrogens is 1. The average Bonchev–Trinajstić information content (AvgIpc) is 1.53. The summed E-state index contributed by atoms with van der Waals surface area (Å²) in [4.78, 5) is 46.8. The van der Waals surface area contributed by atoms with E-state index < -0.39 is 138 Å². The van der Waals surface area contributed by atoms with Crippen LogP contribution in [-0.2, 0) is 104 Å². The third-order valence-corrected chi connectivity index (χ3v) is 21.1. The summed E-state index contributed by atoms with van der Waals surface area (Å²) >= 11 is 0. The Hall–Kier alpha value is -6.73. The van der Waals surface area contributed by atoms with Gasteiger partial charge in [-0.3, -0.25) is 32.4 Å². The fourth-order valence-electron chi connectivity index (χ4n) is 12.3. The van der Waals surface area contributed by atoms with Crippen LogP contribution in [0, 0.1) is 0 Å².